The van der Waals surface area contributed by atoms with Gasteiger partial charge in [0, 0.05) is 12.1 Å². The third kappa shape index (κ3) is 3.29. The maximum Gasteiger partial charge on any atom is 0.254 e. The van der Waals surface area contributed by atoms with Crippen molar-refractivity contribution in [2.45, 2.75) is 38.3 Å². The van der Waals surface area contributed by atoms with Crippen LogP contribution in [0, 0.1) is 17.5 Å². The van der Waals surface area contributed by atoms with Crippen molar-refractivity contribution in [1.29, 1.82) is 0 Å². The molecule has 0 spiro atoms. The Labute approximate surface area is 120 Å². The summed E-state index contributed by atoms with van der Waals surface area (Å²) in [4.78, 5) is 12.0. The number of carbonyl (C=O) groups is 1. The van der Waals surface area contributed by atoms with Gasteiger partial charge in [0.25, 0.3) is 5.91 Å². The van der Waals surface area contributed by atoms with Crippen molar-refractivity contribution in [2.24, 2.45) is 0 Å². The monoisotopic (exact) mass is 302 g/mol. The Morgan fingerprint density at radius 2 is 2.10 bits per heavy atom. The van der Waals surface area contributed by atoms with Crippen LogP contribution in [0.4, 0.5) is 13.2 Å². The summed E-state index contributed by atoms with van der Waals surface area (Å²) in [5.41, 5.74) is -0.714. The molecule has 116 valence electrons. The lowest BCUT2D eigenvalue weighted by Crippen LogP contribution is -2.50. The summed E-state index contributed by atoms with van der Waals surface area (Å²) in [7, 11) is 0. The molecule has 2 atom stereocenters. The summed E-state index contributed by atoms with van der Waals surface area (Å²) in [6.07, 6.45) is 2.95. The summed E-state index contributed by atoms with van der Waals surface area (Å²) in [6, 6.07) is 0.193. The lowest BCUT2D eigenvalue weighted by atomic mass is 9.99. The van der Waals surface area contributed by atoms with E-state index < -0.39 is 34.7 Å². The van der Waals surface area contributed by atoms with Crippen molar-refractivity contribution < 1.29 is 23.1 Å². The molecule has 0 aromatic heterocycles. The van der Waals surface area contributed by atoms with E-state index in [9.17, 15) is 18.0 Å². The van der Waals surface area contributed by atoms with Gasteiger partial charge in [0.1, 0.15) is 0 Å². The Balaban J connectivity index is 2.13. The van der Waals surface area contributed by atoms with Crippen LogP contribution in [-0.2, 0) is 0 Å². The molecule has 2 unspecified atom stereocenters. The van der Waals surface area contributed by atoms with Crippen molar-refractivity contribution in [3.05, 3.63) is 29.1 Å². The summed E-state index contributed by atoms with van der Waals surface area (Å²) < 4.78 is 39.8. The van der Waals surface area contributed by atoms with Crippen LogP contribution < -0.4 is 10.6 Å². The number of rotatable bonds is 3. The summed E-state index contributed by atoms with van der Waals surface area (Å²) in [5.74, 6) is -7.01. The number of hydrogen-bond donors (Lipinski definition) is 3. The number of aromatic hydroxyl groups is 1. The normalized spacial score (nSPS) is 20.1. The van der Waals surface area contributed by atoms with Crippen molar-refractivity contribution in [3.8, 4) is 5.75 Å². The lowest BCUT2D eigenvalue weighted by molar-refractivity contribution is 0.0922. The van der Waals surface area contributed by atoms with Gasteiger partial charge < -0.3 is 15.7 Å². The van der Waals surface area contributed by atoms with E-state index in [2.05, 4.69) is 10.6 Å². The van der Waals surface area contributed by atoms with Gasteiger partial charge in [0.15, 0.2) is 17.4 Å². The van der Waals surface area contributed by atoms with E-state index in [0.717, 1.165) is 25.8 Å². The largest absolute Gasteiger partial charge is 0.503 e. The minimum atomic E-state index is -1.70. The third-order valence-electron chi connectivity index (χ3n) is 3.69. The molecule has 3 N–H and O–H groups in total. The molecule has 1 aromatic rings. The van der Waals surface area contributed by atoms with E-state index in [1.807, 2.05) is 0 Å². The highest BCUT2D eigenvalue weighted by atomic mass is 19.2. The zero-order valence-corrected chi connectivity index (χ0v) is 11.5. The molecule has 1 heterocycles. The van der Waals surface area contributed by atoms with Gasteiger partial charge in [-0.15, -0.1) is 0 Å². The highest BCUT2D eigenvalue weighted by molar-refractivity contribution is 5.95. The molecule has 2 rings (SSSR count). The Hall–Kier alpha value is -1.76. The maximum atomic E-state index is 13.7. The predicted molar refractivity (Wildman–Crippen MR) is 70.6 cm³/mol. The van der Waals surface area contributed by atoms with Crippen molar-refractivity contribution in [3.63, 3.8) is 0 Å². The fourth-order valence-electron chi connectivity index (χ4n) is 2.45. The van der Waals surface area contributed by atoms with E-state index in [0.29, 0.717) is 6.07 Å². The maximum absolute atomic E-state index is 13.7. The molecule has 1 aromatic carbocycles. The number of hydrogen-bond acceptors (Lipinski definition) is 3. The SMILES string of the molecule is CC(NC(=O)c1cc(F)c(F)c(O)c1F)C1CCCCN1. The van der Waals surface area contributed by atoms with Crippen LogP contribution in [0.15, 0.2) is 6.07 Å². The standard InChI is InChI=1S/C14H17F3N2O2/c1-7(10-4-2-3-5-18-10)19-14(21)8-6-9(15)12(17)13(20)11(8)16/h6-7,10,18,20H,2-5H2,1H3,(H,19,21). The van der Waals surface area contributed by atoms with Crippen LogP contribution >= 0.6 is 0 Å². The minimum Gasteiger partial charge on any atom is -0.503 e. The van der Waals surface area contributed by atoms with Crippen LogP contribution in [0.3, 0.4) is 0 Å². The second kappa shape index (κ2) is 6.34. The highest BCUT2D eigenvalue weighted by Gasteiger charge is 2.26. The topological polar surface area (TPSA) is 61.4 Å². The first-order valence-electron chi connectivity index (χ1n) is 6.82. The molecular formula is C14H17F3N2O2. The van der Waals surface area contributed by atoms with Crippen LogP contribution in [0.25, 0.3) is 0 Å². The van der Waals surface area contributed by atoms with Gasteiger partial charge in [-0.1, -0.05) is 6.42 Å². The van der Waals surface area contributed by atoms with Gasteiger partial charge in [-0.2, -0.15) is 4.39 Å². The third-order valence-corrected chi connectivity index (χ3v) is 3.69. The van der Waals surface area contributed by atoms with Gasteiger partial charge in [0.2, 0.25) is 5.82 Å². The number of phenols is 1. The number of carbonyl (C=O) groups excluding carboxylic acids is 1. The number of halogens is 3. The van der Waals surface area contributed by atoms with Gasteiger partial charge >= 0.3 is 0 Å². The van der Waals surface area contributed by atoms with Crippen LogP contribution in [0.2, 0.25) is 0 Å². The van der Waals surface area contributed by atoms with E-state index in [1.165, 1.54) is 0 Å². The molecular weight excluding hydrogens is 285 g/mol. The Morgan fingerprint density at radius 1 is 1.38 bits per heavy atom. The fourth-order valence-corrected chi connectivity index (χ4v) is 2.45. The molecule has 21 heavy (non-hydrogen) atoms. The first-order chi connectivity index (χ1) is 9.91. The number of piperidine rings is 1. The Kier molecular flexibility index (Phi) is 4.72. The van der Waals surface area contributed by atoms with Crippen LogP contribution in [0.5, 0.6) is 5.75 Å². The smallest absolute Gasteiger partial charge is 0.254 e. The summed E-state index contributed by atoms with van der Waals surface area (Å²) >= 11 is 0. The molecule has 0 aliphatic carbocycles. The molecule has 1 amide bonds. The van der Waals surface area contributed by atoms with E-state index >= 15 is 0 Å². The quantitative estimate of drug-likeness (QED) is 0.749. The van der Waals surface area contributed by atoms with Gasteiger partial charge in [-0.05, 0) is 32.4 Å². The molecule has 0 radical (unpaired) electrons. The fraction of sp³-hybridized carbons (Fsp3) is 0.500. The average molecular weight is 302 g/mol. The molecule has 1 fully saturated rings. The van der Waals surface area contributed by atoms with Gasteiger partial charge in [0.05, 0.1) is 5.56 Å². The van der Waals surface area contributed by atoms with Crippen molar-refractivity contribution in [1.82, 2.24) is 10.6 Å². The second-order valence-corrected chi connectivity index (χ2v) is 5.20. The first kappa shape index (κ1) is 15.6. The zero-order valence-electron chi connectivity index (χ0n) is 11.5. The number of amides is 1. The molecule has 1 saturated heterocycles. The Bertz CT molecular complexity index is 546. The molecule has 0 bridgehead atoms. The van der Waals surface area contributed by atoms with Gasteiger partial charge in [-0.25, -0.2) is 8.78 Å². The molecule has 0 saturated carbocycles. The van der Waals surface area contributed by atoms with Crippen LogP contribution in [-0.4, -0.2) is 29.6 Å². The van der Waals surface area contributed by atoms with E-state index in [-0.39, 0.29) is 12.1 Å². The Morgan fingerprint density at radius 3 is 2.71 bits per heavy atom. The number of nitrogens with one attached hydrogen (secondary N) is 2. The molecule has 7 heteroatoms. The predicted octanol–water partition coefficient (Wildman–Crippen LogP) is 2.07. The van der Waals surface area contributed by atoms with E-state index in [1.54, 1.807) is 6.92 Å². The second-order valence-electron chi connectivity index (χ2n) is 5.20. The highest BCUT2D eigenvalue weighted by Crippen LogP contribution is 2.26. The van der Waals surface area contributed by atoms with Crippen LogP contribution in [0.1, 0.15) is 36.5 Å². The van der Waals surface area contributed by atoms with E-state index in [4.69, 9.17) is 5.11 Å². The minimum absolute atomic E-state index is 0.0460. The number of benzene rings is 1. The average Bonchev–Trinajstić information content (AvgIpc) is 2.49. The van der Waals surface area contributed by atoms with Crippen molar-refractivity contribution >= 4 is 5.91 Å². The molecule has 1 aliphatic rings. The zero-order chi connectivity index (χ0) is 15.6. The summed E-state index contributed by atoms with van der Waals surface area (Å²) in [6.45, 7) is 2.59. The van der Waals surface area contributed by atoms with Gasteiger partial charge in [-0.3, -0.25) is 4.79 Å². The molecule has 4 nitrogen and oxygen atoms in total. The van der Waals surface area contributed by atoms with Crippen molar-refractivity contribution in [2.75, 3.05) is 6.54 Å². The lowest BCUT2D eigenvalue weighted by Gasteiger charge is -2.29. The summed E-state index contributed by atoms with van der Waals surface area (Å²) in [5, 5.41) is 14.9. The molecule has 1 aliphatic heterocycles. The number of phenolic OH excluding ortho intramolecular Hbond substituents is 1. The first-order valence-corrected chi connectivity index (χ1v) is 6.82.